The highest BCUT2D eigenvalue weighted by molar-refractivity contribution is 9.10. The number of anilines is 1. The van der Waals surface area contributed by atoms with Gasteiger partial charge in [0.1, 0.15) is 6.54 Å². The predicted octanol–water partition coefficient (Wildman–Crippen LogP) is 1.60. The van der Waals surface area contributed by atoms with Gasteiger partial charge < -0.3 is 4.90 Å². The molecule has 0 N–H and O–H groups in total. The van der Waals surface area contributed by atoms with E-state index in [1.807, 2.05) is 0 Å². The average Bonchev–Trinajstić information content (AvgIpc) is 3.03. The maximum atomic E-state index is 12.2. The molecule has 1 fully saturated rings. The number of amides is 2. The highest BCUT2D eigenvalue weighted by Gasteiger charge is 2.38. The van der Waals surface area contributed by atoms with E-state index in [0.29, 0.717) is 15.7 Å². The lowest BCUT2D eigenvalue weighted by molar-refractivity contribution is -0.129. The highest BCUT2D eigenvalue weighted by Crippen LogP contribution is 2.34. The third-order valence-corrected chi connectivity index (χ3v) is 4.36. The van der Waals surface area contributed by atoms with Crippen LogP contribution in [0.15, 0.2) is 22.7 Å². The molecule has 6 heteroatoms. The number of hydrogen-bond donors (Lipinski definition) is 0. The zero-order chi connectivity index (χ0) is 14.3. The van der Waals surface area contributed by atoms with Crippen LogP contribution < -0.4 is 4.90 Å². The van der Waals surface area contributed by atoms with E-state index in [0.717, 1.165) is 25.9 Å². The Bertz CT molecular complexity index is 608. The molecule has 0 atom stereocenters. The molecule has 0 bridgehead atoms. The lowest BCUT2D eigenvalue weighted by atomic mass is 10.1. The second kappa shape index (κ2) is 5.01. The Labute approximate surface area is 124 Å². The van der Waals surface area contributed by atoms with Crippen molar-refractivity contribution in [2.75, 3.05) is 24.5 Å². The smallest absolute Gasteiger partial charge is 0.299 e. The minimum atomic E-state index is -0.626. The van der Waals surface area contributed by atoms with Crippen LogP contribution in [-0.2, 0) is 9.59 Å². The highest BCUT2D eigenvalue weighted by atomic mass is 79.9. The van der Waals surface area contributed by atoms with Crippen LogP contribution in [-0.4, -0.2) is 42.1 Å². The van der Waals surface area contributed by atoms with Crippen LogP contribution in [0.2, 0.25) is 0 Å². The molecule has 0 radical (unpaired) electrons. The summed E-state index contributed by atoms with van der Waals surface area (Å²) in [6.45, 7) is 1.41. The molecule has 2 heterocycles. The number of hydrogen-bond acceptors (Lipinski definition) is 3. The Morgan fingerprint density at radius 2 is 1.90 bits per heavy atom. The Morgan fingerprint density at radius 1 is 1.20 bits per heavy atom. The second-order valence-corrected chi connectivity index (χ2v) is 5.80. The molecule has 20 heavy (non-hydrogen) atoms. The molecule has 0 aliphatic carbocycles. The number of Topliss-reactive ketones (excluding diaryl/α,β-unsaturated/α-hetero) is 1. The summed E-state index contributed by atoms with van der Waals surface area (Å²) in [6, 6.07) is 5.16. The van der Waals surface area contributed by atoms with E-state index < -0.39 is 11.7 Å². The van der Waals surface area contributed by atoms with Crippen molar-refractivity contribution < 1.29 is 14.4 Å². The van der Waals surface area contributed by atoms with Gasteiger partial charge >= 0.3 is 0 Å². The van der Waals surface area contributed by atoms with E-state index in [4.69, 9.17) is 0 Å². The van der Waals surface area contributed by atoms with Crippen molar-refractivity contribution in [3.8, 4) is 0 Å². The number of rotatable bonds is 2. The Balaban J connectivity index is 1.88. The summed E-state index contributed by atoms with van der Waals surface area (Å²) in [5.41, 5.74) is 0.869. The first-order valence-corrected chi connectivity index (χ1v) is 7.31. The van der Waals surface area contributed by atoms with E-state index in [1.165, 1.54) is 4.90 Å². The Morgan fingerprint density at radius 3 is 2.60 bits per heavy atom. The second-order valence-electron chi connectivity index (χ2n) is 4.94. The lowest BCUT2D eigenvalue weighted by Crippen LogP contribution is -2.41. The summed E-state index contributed by atoms with van der Waals surface area (Å²) < 4.78 is 0.587. The molecule has 0 saturated carbocycles. The van der Waals surface area contributed by atoms with Gasteiger partial charge in [0, 0.05) is 17.6 Å². The Hall–Kier alpha value is -1.69. The maximum absolute atomic E-state index is 12.2. The van der Waals surface area contributed by atoms with Gasteiger partial charge in [0.15, 0.2) is 0 Å². The molecule has 0 spiro atoms. The molecule has 104 valence electrons. The quantitative estimate of drug-likeness (QED) is 0.771. The fourth-order valence-corrected chi connectivity index (χ4v) is 3.20. The topological polar surface area (TPSA) is 57.7 Å². The SMILES string of the molecule is O=C1C(=O)N(CC(=O)N2CCCC2)c2cccc(Br)c21. The zero-order valence-corrected chi connectivity index (χ0v) is 12.4. The van der Waals surface area contributed by atoms with Crippen molar-refractivity contribution in [1.82, 2.24) is 4.90 Å². The number of carbonyl (C=O) groups excluding carboxylic acids is 3. The number of likely N-dealkylation sites (tertiary alicyclic amines) is 1. The van der Waals surface area contributed by atoms with Crippen molar-refractivity contribution in [1.29, 1.82) is 0 Å². The molecule has 2 aliphatic rings. The molecule has 1 aromatic rings. The molecular weight excluding hydrogens is 324 g/mol. The standard InChI is InChI=1S/C14H13BrN2O3/c15-9-4-3-5-10-12(9)13(19)14(20)17(10)8-11(18)16-6-1-2-7-16/h3-5H,1-2,6-8H2. The van der Waals surface area contributed by atoms with Crippen LogP contribution in [0.5, 0.6) is 0 Å². The van der Waals surface area contributed by atoms with Gasteiger partial charge in [-0.05, 0) is 40.9 Å². The van der Waals surface area contributed by atoms with Crippen LogP contribution in [0, 0.1) is 0 Å². The summed E-state index contributed by atoms with van der Waals surface area (Å²) in [7, 11) is 0. The van der Waals surface area contributed by atoms with Crippen LogP contribution in [0.4, 0.5) is 5.69 Å². The van der Waals surface area contributed by atoms with Gasteiger partial charge in [-0.3, -0.25) is 19.3 Å². The fourth-order valence-electron chi connectivity index (χ4n) is 2.66. The maximum Gasteiger partial charge on any atom is 0.299 e. The number of fused-ring (bicyclic) bond motifs is 1. The van der Waals surface area contributed by atoms with Crippen LogP contribution in [0.25, 0.3) is 0 Å². The molecular formula is C14H13BrN2O3. The predicted molar refractivity (Wildman–Crippen MR) is 76.6 cm³/mol. The minimum absolute atomic E-state index is 0.0615. The van der Waals surface area contributed by atoms with Crippen molar-refractivity contribution in [3.63, 3.8) is 0 Å². The molecule has 1 saturated heterocycles. The van der Waals surface area contributed by atoms with Crippen LogP contribution in [0.1, 0.15) is 23.2 Å². The lowest BCUT2D eigenvalue weighted by Gasteiger charge is -2.21. The van der Waals surface area contributed by atoms with Crippen molar-refractivity contribution in [2.45, 2.75) is 12.8 Å². The molecule has 2 aliphatic heterocycles. The normalized spacial score (nSPS) is 17.9. The number of halogens is 1. The van der Waals surface area contributed by atoms with Crippen molar-refractivity contribution in [2.24, 2.45) is 0 Å². The largest absolute Gasteiger partial charge is 0.341 e. The molecule has 2 amide bonds. The zero-order valence-electron chi connectivity index (χ0n) is 10.8. The summed E-state index contributed by atoms with van der Waals surface area (Å²) >= 11 is 3.28. The van der Waals surface area contributed by atoms with Gasteiger partial charge in [-0.1, -0.05) is 6.07 Å². The third-order valence-electron chi connectivity index (χ3n) is 3.70. The molecule has 0 aromatic heterocycles. The van der Waals surface area contributed by atoms with Crippen molar-refractivity contribution in [3.05, 3.63) is 28.2 Å². The molecule has 3 rings (SSSR count). The number of carbonyl (C=O) groups is 3. The third kappa shape index (κ3) is 2.04. The monoisotopic (exact) mass is 336 g/mol. The molecule has 1 aromatic carbocycles. The number of benzene rings is 1. The van der Waals surface area contributed by atoms with Gasteiger partial charge in [0.2, 0.25) is 5.91 Å². The van der Waals surface area contributed by atoms with Gasteiger partial charge in [0.05, 0.1) is 11.3 Å². The van der Waals surface area contributed by atoms with E-state index in [1.54, 1.807) is 23.1 Å². The van der Waals surface area contributed by atoms with E-state index >= 15 is 0 Å². The van der Waals surface area contributed by atoms with Gasteiger partial charge in [-0.2, -0.15) is 0 Å². The first-order chi connectivity index (χ1) is 9.59. The van der Waals surface area contributed by atoms with E-state index in [2.05, 4.69) is 15.9 Å². The van der Waals surface area contributed by atoms with Gasteiger partial charge in [-0.15, -0.1) is 0 Å². The van der Waals surface area contributed by atoms with Crippen LogP contribution in [0.3, 0.4) is 0 Å². The first-order valence-electron chi connectivity index (χ1n) is 6.52. The molecule has 0 unspecified atom stereocenters. The summed E-state index contributed by atoms with van der Waals surface area (Å²) in [5.74, 6) is -1.28. The Kier molecular flexibility index (Phi) is 3.33. The van der Waals surface area contributed by atoms with Gasteiger partial charge in [-0.25, -0.2) is 0 Å². The summed E-state index contributed by atoms with van der Waals surface area (Å²) in [5, 5.41) is 0. The van der Waals surface area contributed by atoms with E-state index in [-0.39, 0.29) is 12.5 Å². The first kappa shape index (κ1) is 13.3. The molecule has 5 nitrogen and oxygen atoms in total. The number of ketones is 1. The number of nitrogens with zero attached hydrogens (tertiary/aromatic N) is 2. The van der Waals surface area contributed by atoms with Crippen molar-refractivity contribution >= 4 is 39.2 Å². The summed E-state index contributed by atoms with van der Waals surface area (Å²) in [4.78, 5) is 39.2. The average molecular weight is 337 g/mol. The summed E-state index contributed by atoms with van der Waals surface area (Å²) in [6.07, 6.45) is 2.00. The van der Waals surface area contributed by atoms with Crippen LogP contribution >= 0.6 is 15.9 Å². The van der Waals surface area contributed by atoms with Gasteiger partial charge in [0.25, 0.3) is 11.7 Å². The van der Waals surface area contributed by atoms with E-state index in [9.17, 15) is 14.4 Å². The fraction of sp³-hybridized carbons (Fsp3) is 0.357. The minimum Gasteiger partial charge on any atom is -0.341 e.